The third-order valence-electron chi connectivity index (χ3n) is 4.69. The second-order valence-corrected chi connectivity index (χ2v) is 7.93. The van der Waals surface area contributed by atoms with Crippen molar-refractivity contribution in [2.24, 2.45) is 0 Å². The van der Waals surface area contributed by atoms with E-state index in [1.807, 2.05) is 45.0 Å². The van der Waals surface area contributed by atoms with Crippen molar-refractivity contribution in [3.05, 3.63) is 83.5 Å². The van der Waals surface area contributed by atoms with Crippen molar-refractivity contribution in [2.45, 2.75) is 27.7 Å². The Hall–Kier alpha value is -3.48. The van der Waals surface area contributed by atoms with E-state index in [2.05, 4.69) is 0 Å². The zero-order valence-electron chi connectivity index (χ0n) is 16.5. The van der Waals surface area contributed by atoms with Crippen LogP contribution in [-0.2, 0) is 0 Å². The number of nitrogens with zero attached hydrogens (tertiary/aromatic N) is 3. The lowest BCUT2D eigenvalue weighted by Crippen LogP contribution is -2.30. The summed E-state index contributed by atoms with van der Waals surface area (Å²) in [5.74, 6) is -0.460. The molecule has 0 saturated carbocycles. The number of rotatable bonds is 2. The van der Waals surface area contributed by atoms with Crippen molar-refractivity contribution in [1.82, 2.24) is 4.57 Å². The third-order valence-corrected chi connectivity index (χ3v) is 5.78. The average Bonchev–Trinajstić information content (AvgIpc) is 2.98. The van der Waals surface area contributed by atoms with Crippen LogP contribution >= 0.6 is 11.3 Å². The summed E-state index contributed by atoms with van der Waals surface area (Å²) in [6.45, 7) is 7.57. The lowest BCUT2D eigenvalue weighted by Gasteiger charge is -2.06. The van der Waals surface area contributed by atoms with Gasteiger partial charge in [-0.05, 0) is 68.2 Å². The zero-order valence-corrected chi connectivity index (χ0v) is 17.3. The smallest absolute Gasteiger partial charge is 0.267 e. The van der Waals surface area contributed by atoms with Gasteiger partial charge in [0.2, 0.25) is 0 Å². The molecule has 0 fully saturated rings. The van der Waals surface area contributed by atoms with E-state index in [0.29, 0.717) is 10.1 Å². The summed E-state index contributed by atoms with van der Waals surface area (Å²) in [4.78, 5) is 13.2. The molecule has 144 valence electrons. The van der Waals surface area contributed by atoms with E-state index in [1.54, 1.807) is 25.1 Å². The molecule has 0 spiro atoms. The van der Waals surface area contributed by atoms with Gasteiger partial charge in [-0.2, -0.15) is 10.5 Å². The second-order valence-electron chi connectivity index (χ2n) is 6.90. The molecule has 1 aromatic heterocycles. The molecule has 0 N–H and O–H groups in total. The van der Waals surface area contributed by atoms with Crippen LogP contribution in [0.5, 0.6) is 0 Å². The van der Waals surface area contributed by atoms with Gasteiger partial charge in [0.25, 0.3) is 5.56 Å². The first-order valence-corrected chi connectivity index (χ1v) is 9.71. The Bertz CT molecular complexity index is 1360. The summed E-state index contributed by atoms with van der Waals surface area (Å²) in [7, 11) is 0. The maximum atomic E-state index is 14.1. The molecule has 6 heteroatoms. The minimum absolute atomic E-state index is 0.190. The van der Waals surface area contributed by atoms with Crippen LogP contribution in [-0.4, -0.2) is 4.57 Å². The molecule has 0 atom stereocenters. The minimum Gasteiger partial charge on any atom is -0.267 e. The number of halogens is 1. The zero-order chi connectivity index (χ0) is 21.3. The topological polar surface area (TPSA) is 69.6 Å². The molecular weight excluding hydrogens is 385 g/mol. The van der Waals surface area contributed by atoms with Gasteiger partial charge >= 0.3 is 0 Å². The van der Waals surface area contributed by atoms with E-state index in [-0.39, 0.29) is 15.9 Å². The highest BCUT2D eigenvalue weighted by atomic mass is 32.1. The second kappa shape index (κ2) is 7.87. The van der Waals surface area contributed by atoms with Gasteiger partial charge in [-0.3, -0.25) is 9.36 Å². The summed E-state index contributed by atoms with van der Waals surface area (Å²) >= 11 is 1.06. The van der Waals surface area contributed by atoms with Gasteiger partial charge in [-0.15, -0.1) is 11.3 Å². The molecule has 3 aromatic rings. The minimum atomic E-state index is -0.460. The van der Waals surface area contributed by atoms with Crippen molar-refractivity contribution < 1.29 is 4.39 Å². The first-order valence-electron chi connectivity index (χ1n) is 8.89. The van der Waals surface area contributed by atoms with Crippen LogP contribution in [0.4, 0.5) is 4.39 Å². The number of aromatic nitrogens is 1. The molecule has 1 heterocycles. The number of nitriles is 2. The van der Waals surface area contributed by atoms with Crippen molar-refractivity contribution in [3.8, 4) is 17.8 Å². The van der Waals surface area contributed by atoms with Gasteiger partial charge in [0.1, 0.15) is 22.6 Å². The van der Waals surface area contributed by atoms with Gasteiger partial charge < -0.3 is 0 Å². The highest BCUT2D eigenvalue weighted by Gasteiger charge is 2.13. The fraction of sp³-hybridized carbons (Fsp3) is 0.174. The highest BCUT2D eigenvalue weighted by Crippen LogP contribution is 2.17. The first kappa shape index (κ1) is 20.3. The number of hydrogen-bond donors (Lipinski definition) is 0. The quantitative estimate of drug-likeness (QED) is 0.659. The van der Waals surface area contributed by atoms with Crippen LogP contribution in [0.25, 0.3) is 17.3 Å². The van der Waals surface area contributed by atoms with E-state index in [4.69, 9.17) is 0 Å². The predicted molar refractivity (Wildman–Crippen MR) is 113 cm³/mol. The summed E-state index contributed by atoms with van der Waals surface area (Å²) in [6.07, 6.45) is 1.77. The number of hydrogen-bond acceptors (Lipinski definition) is 4. The molecule has 0 amide bonds. The Balaban J connectivity index is 2.44. The highest BCUT2D eigenvalue weighted by molar-refractivity contribution is 7.07. The van der Waals surface area contributed by atoms with Crippen molar-refractivity contribution in [3.63, 3.8) is 0 Å². The molecule has 29 heavy (non-hydrogen) atoms. The summed E-state index contributed by atoms with van der Waals surface area (Å²) in [5, 5.41) is 18.7. The largest absolute Gasteiger partial charge is 0.273 e. The van der Waals surface area contributed by atoms with Crippen LogP contribution in [0.3, 0.4) is 0 Å². The van der Waals surface area contributed by atoms with Crippen LogP contribution < -0.4 is 14.8 Å². The van der Waals surface area contributed by atoms with Gasteiger partial charge in [-0.25, -0.2) is 4.39 Å². The van der Waals surface area contributed by atoms with Crippen molar-refractivity contribution in [1.29, 1.82) is 10.5 Å². The lowest BCUT2D eigenvalue weighted by atomic mass is 10.00. The van der Waals surface area contributed by atoms with E-state index in [9.17, 15) is 19.7 Å². The van der Waals surface area contributed by atoms with E-state index in [0.717, 1.165) is 33.6 Å². The van der Waals surface area contributed by atoms with Crippen molar-refractivity contribution in [2.75, 3.05) is 0 Å². The molecule has 0 unspecified atom stereocenters. The number of thiazole rings is 1. The number of benzene rings is 2. The summed E-state index contributed by atoms with van der Waals surface area (Å²) in [6, 6.07) is 12.1. The van der Waals surface area contributed by atoms with Crippen molar-refractivity contribution >= 4 is 23.0 Å². The van der Waals surface area contributed by atoms with Crippen LogP contribution in [0.1, 0.15) is 27.8 Å². The maximum Gasteiger partial charge on any atom is 0.273 e. The monoisotopic (exact) mass is 403 g/mol. The molecule has 0 bridgehead atoms. The Kier molecular flexibility index (Phi) is 5.50. The van der Waals surface area contributed by atoms with E-state index < -0.39 is 11.4 Å². The Morgan fingerprint density at radius 3 is 2.21 bits per heavy atom. The molecule has 0 radical (unpaired) electrons. The Morgan fingerprint density at radius 2 is 1.66 bits per heavy atom. The summed E-state index contributed by atoms with van der Waals surface area (Å²) in [5.41, 5.74) is 4.23. The van der Waals surface area contributed by atoms with E-state index in [1.165, 1.54) is 10.6 Å². The lowest BCUT2D eigenvalue weighted by molar-refractivity contribution is 0.617. The molecule has 0 saturated heterocycles. The number of aryl methyl sites for hydroxylation is 4. The average molecular weight is 403 g/mol. The molecule has 4 nitrogen and oxygen atoms in total. The normalized spacial score (nSPS) is 11.2. The molecule has 3 rings (SSSR count). The van der Waals surface area contributed by atoms with E-state index >= 15 is 0 Å². The Labute approximate surface area is 171 Å². The van der Waals surface area contributed by atoms with Crippen LogP contribution in [0, 0.1) is 56.2 Å². The van der Waals surface area contributed by atoms with Gasteiger partial charge in [-0.1, -0.05) is 23.8 Å². The van der Waals surface area contributed by atoms with Crippen LogP contribution in [0.15, 0.2) is 35.1 Å². The third kappa shape index (κ3) is 3.76. The predicted octanol–water partition coefficient (Wildman–Crippen LogP) is 3.30. The maximum absolute atomic E-state index is 14.1. The first-order chi connectivity index (χ1) is 13.8. The molecule has 0 aliphatic rings. The standard InChI is InChI=1S/C23H18FN3OS/c1-13-7-15(3)19(16(4)8-13)10-21-22(28)27(23(29-21)17(11-25)12-26)18-6-5-14(2)20(24)9-18/h5-10H,1-4H3/b21-10-. The Morgan fingerprint density at radius 1 is 1.03 bits per heavy atom. The molecular formula is C23H18FN3OS. The van der Waals surface area contributed by atoms with Crippen LogP contribution in [0.2, 0.25) is 0 Å². The SMILES string of the molecule is Cc1cc(C)c(/C=c2\sc(=C(C#N)C#N)n(-c3ccc(C)c(F)c3)c2=O)c(C)c1. The fourth-order valence-corrected chi connectivity index (χ4v) is 4.31. The molecule has 0 aliphatic heterocycles. The fourth-order valence-electron chi connectivity index (χ4n) is 3.28. The van der Waals surface area contributed by atoms with Gasteiger partial charge in [0, 0.05) is 0 Å². The van der Waals surface area contributed by atoms with Gasteiger partial charge in [0.15, 0.2) is 5.57 Å². The van der Waals surface area contributed by atoms with Gasteiger partial charge in [0.05, 0.1) is 10.2 Å². The molecule has 2 aromatic carbocycles. The molecule has 0 aliphatic carbocycles. The summed E-state index contributed by atoms with van der Waals surface area (Å²) < 4.78 is 15.9.